The molecule has 0 amide bonds. The highest BCUT2D eigenvalue weighted by Crippen LogP contribution is 2.53. The summed E-state index contributed by atoms with van der Waals surface area (Å²) in [6.45, 7) is 0. The molecule has 6 rings (SSSR count). The Morgan fingerprint density at radius 2 is 1.88 bits per heavy atom. The number of aliphatic imine (C=N–C) groups is 1. The Hall–Kier alpha value is -2.44. The van der Waals surface area contributed by atoms with Crippen molar-refractivity contribution in [1.82, 2.24) is 19.7 Å². The number of methoxy groups -OCH3 is 1. The van der Waals surface area contributed by atoms with E-state index in [4.69, 9.17) is 10.5 Å². The largest absolute Gasteiger partial charge is 0.484 e. The fourth-order valence-corrected chi connectivity index (χ4v) is 4.16. The molecule has 2 saturated carbocycles. The van der Waals surface area contributed by atoms with Crippen LogP contribution in [0.3, 0.4) is 0 Å². The lowest BCUT2D eigenvalue weighted by molar-refractivity contribution is 0.395. The second-order valence-corrected chi connectivity index (χ2v) is 7.88. The van der Waals surface area contributed by atoms with Gasteiger partial charge in [0.1, 0.15) is 17.3 Å². The van der Waals surface area contributed by atoms with E-state index in [1.54, 1.807) is 13.2 Å². The number of fused-ring (bicyclic) bond motifs is 2. The molecule has 4 aliphatic rings. The van der Waals surface area contributed by atoms with Crippen LogP contribution < -0.4 is 5.73 Å². The van der Waals surface area contributed by atoms with Gasteiger partial charge in [-0.15, -0.1) is 10.2 Å². The van der Waals surface area contributed by atoms with Gasteiger partial charge < -0.3 is 15.0 Å². The van der Waals surface area contributed by atoms with Crippen molar-refractivity contribution in [2.45, 2.75) is 62.4 Å². The predicted molar refractivity (Wildman–Crippen MR) is 98.8 cm³/mol. The first kappa shape index (κ1) is 15.8. The molecule has 2 aromatic heterocycles. The average Bonchev–Trinajstić information content (AvgIpc) is 3.43. The molecule has 0 aromatic carbocycles. The maximum atomic E-state index is 5.72. The summed E-state index contributed by atoms with van der Waals surface area (Å²) in [6, 6.07) is 5.65. The maximum Gasteiger partial charge on any atom is 0.183 e. The first-order chi connectivity index (χ1) is 12.6. The molecule has 136 valence electrons. The molecular formula is C19H24N6O. The number of nitrogens with zero attached hydrogens (tertiary/aromatic N) is 5. The molecule has 2 aromatic rings. The number of anilines is 1. The van der Waals surface area contributed by atoms with E-state index in [2.05, 4.69) is 24.7 Å². The third-order valence-corrected chi connectivity index (χ3v) is 6.07. The highest BCUT2D eigenvalue weighted by atomic mass is 16.5. The zero-order valence-corrected chi connectivity index (χ0v) is 15.1. The third kappa shape index (κ3) is 2.57. The van der Waals surface area contributed by atoms with Crippen molar-refractivity contribution < 1.29 is 4.74 Å². The van der Waals surface area contributed by atoms with Crippen LogP contribution in [0.15, 0.2) is 23.2 Å². The van der Waals surface area contributed by atoms with Crippen molar-refractivity contribution in [3.63, 3.8) is 0 Å². The number of aromatic nitrogens is 4. The summed E-state index contributed by atoms with van der Waals surface area (Å²) in [5.74, 6) is 3.47. The minimum Gasteiger partial charge on any atom is -0.484 e. The van der Waals surface area contributed by atoms with Crippen LogP contribution in [0.2, 0.25) is 0 Å². The second-order valence-electron chi connectivity index (χ2n) is 7.88. The second kappa shape index (κ2) is 5.53. The monoisotopic (exact) mass is 352 g/mol. The van der Waals surface area contributed by atoms with Crippen LogP contribution in [0.25, 0.3) is 11.5 Å². The minimum atomic E-state index is 0.306. The van der Waals surface area contributed by atoms with Gasteiger partial charge in [-0.05, 0) is 50.7 Å². The molecule has 2 aliphatic carbocycles. The van der Waals surface area contributed by atoms with Crippen LogP contribution in [-0.2, 0) is 16.7 Å². The number of nitrogen functional groups attached to an aromatic ring is 1. The molecule has 4 heterocycles. The predicted octanol–water partition coefficient (Wildman–Crippen LogP) is 2.72. The Morgan fingerprint density at radius 3 is 2.50 bits per heavy atom. The fourth-order valence-electron chi connectivity index (χ4n) is 4.16. The Kier molecular flexibility index (Phi) is 3.36. The topological polar surface area (TPSA) is 91.2 Å². The summed E-state index contributed by atoms with van der Waals surface area (Å²) in [7, 11) is 1.71. The smallest absolute Gasteiger partial charge is 0.183 e. The summed E-state index contributed by atoms with van der Waals surface area (Å²) < 4.78 is 7.32. The Morgan fingerprint density at radius 1 is 1.04 bits per heavy atom. The summed E-state index contributed by atoms with van der Waals surface area (Å²) >= 11 is 0. The molecule has 2 fully saturated rings. The first-order valence-electron chi connectivity index (χ1n) is 9.44. The van der Waals surface area contributed by atoms with Crippen LogP contribution in [0.1, 0.15) is 50.8 Å². The van der Waals surface area contributed by atoms with Gasteiger partial charge in [0.2, 0.25) is 0 Å². The molecule has 0 unspecified atom stereocenters. The van der Waals surface area contributed by atoms with E-state index in [0.717, 1.165) is 36.1 Å². The lowest BCUT2D eigenvalue weighted by Crippen LogP contribution is -2.13. The van der Waals surface area contributed by atoms with Crippen molar-refractivity contribution in [1.29, 1.82) is 0 Å². The summed E-state index contributed by atoms with van der Waals surface area (Å²) in [4.78, 5) is 8.79. The van der Waals surface area contributed by atoms with E-state index >= 15 is 0 Å². The van der Waals surface area contributed by atoms with Gasteiger partial charge in [-0.25, -0.2) is 9.98 Å². The first-order valence-corrected chi connectivity index (χ1v) is 9.44. The molecule has 2 N–H and O–H groups in total. The number of nitrogens with two attached hydrogens (primary N) is 1. The van der Waals surface area contributed by atoms with E-state index in [9.17, 15) is 0 Å². The standard InChI is InChI=1S/C12H13N5.C7H11NO/c13-9-3-1-2-8(14-9)11-16-15-10-4-5-12(6-7-12)17(10)11;1-9-6-2-3-7(8-6)4-5-7/h1-3H,4-7H2,(H2,13,14);2-5H2,1H3. The number of aryl methyl sites for hydroxylation is 1. The van der Waals surface area contributed by atoms with Crippen molar-refractivity contribution in [3.05, 3.63) is 24.0 Å². The maximum absolute atomic E-state index is 5.72. The van der Waals surface area contributed by atoms with E-state index in [0.29, 0.717) is 16.9 Å². The normalized spacial score (nSPS) is 22.6. The Balaban J connectivity index is 0.000000141. The number of rotatable bonds is 1. The van der Waals surface area contributed by atoms with E-state index < -0.39 is 0 Å². The summed E-state index contributed by atoms with van der Waals surface area (Å²) in [5.41, 5.74) is 7.24. The van der Waals surface area contributed by atoms with E-state index in [1.165, 1.54) is 38.5 Å². The molecule has 0 saturated heterocycles. The van der Waals surface area contributed by atoms with Gasteiger partial charge in [0.15, 0.2) is 11.7 Å². The Labute approximate surface area is 152 Å². The lowest BCUT2D eigenvalue weighted by Gasteiger charge is -2.12. The van der Waals surface area contributed by atoms with Gasteiger partial charge in [-0.2, -0.15) is 0 Å². The summed E-state index contributed by atoms with van der Waals surface area (Å²) in [5, 5.41) is 8.55. The van der Waals surface area contributed by atoms with Gasteiger partial charge >= 0.3 is 0 Å². The summed E-state index contributed by atoms with van der Waals surface area (Å²) in [6.07, 6.45) is 9.61. The van der Waals surface area contributed by atoms with E-state index in [1.807, 2.05) is 12.1 Å². The quantitative estimate of drug-likeness (QED) is 0.852. The fraction of sp³-hybridized carbons (Fsp3) is 0.579. The SMILES string of the molecule is COC1=NC2(CC1)CC2.Nc1cccc(-c2nnc3n2C2(CC3)CC2)n1. The van der Waals surface area contributed by atoms with Crippen molar-refractivity contribution in [2.24, 2.45) is 4.99 Å². The van der Waals surface area contributed by atoms with Gasteiger partial charge in [-0.3, -0.25) is 0 Å². The number of hydrogen-bond acceptors (Lipinski definition) is 6. The molecule has 26 heavy (non-hydrogen) atoms. The van der Waals surface area contributed by atoms with Gasteiger partial charge in [-0.1, -0.05) is 6.07 Å². The van der Waals surface area contributed by atoms with Gasteiger partial charge in [0.05, 0.1) is 12.6 Å². The molecule has 7 nitrogen and oxygen atoms in total. The molecule has 2 aliphatic heterocycles. The Bertz CT molecular complexity index is 878. The van der Waals surface area contributed by atoms with Crippen LogP contribution in [-0.4, -0.2) is 38.3 Å². The third-order valence-electron chi connectivity index (χ3n) is 6.07. The average molecular weight is 352 g/mol. The van der Waals surface area contributed by atoms with Crippen molar-refractivity contribution in [3.8, 4) is 11.5 Å². The molecule has 0 atom stereocenters. The van der Waals surface area contributed by atoms with Crippen LogP contribution in [0.4, 0.5) is 5.82 Å². The van der Waals surface area contributed by atoms with Crippen LogP contribution >= 0.6 is 0 Å². The van der Waals surface area contributed by atoms with Gasteiger partial charge in [0.25, 0.3) is 0 Å². The minimum absolute atomic E-state index is 0.306. The zero-order chi connectivity index (χ0) is 17.8. The van der Waals surface area contributed by atoms with Crippen molar-refractivity contribution in [2.75, 3.05) is 12.8 Å². The number of ether oxygens (including phenoxy) is 1. The molecular weight excluding hydrogens is 328 g/mol. The highest BCUT2D eigenvalue weighted by molar-refractivity contribution is 5.79. The molecule has 2 spiro atoms. The van der Waals surface area contributed by atoms with Crippen LogP contribution in [0.5, 0.6) is 0 Å². The molecule has 0 radical (unpaired) electrons. The molecule has 0 bridgehead atoms. The highest BCUT2D eigenvalue weighted by Gasteiger charge is 2.51. The van der Waals surface area contributed by atoms with Crippen LogP contribution in [0, 0.1) is 0 Å². The zero-order valence-electron chi connectivity index (χ0n) is 15.1. The lowest BCUT2D eigenvalue weighted by atomic mass is 10.2. The van der Waals surface area contributed by atoms with E-state index in [-0.39, 0.29) is 0 Å². The number of hydrogen-bond donors (Lipinski definition) is 1. The van der Waals surface area contributed by atoms with Gasteiger partial charge in [0, 0.05) is 18.4 Å². The van der Waals surface area contributed by atoms with Crippen molar-refractivity contribution >= 4 is 11.7 Å². The number of pyridine rings is 1. The molecule has 7 heteroatoms.